The Kier molecular flexibility index (Phi) is 6.81. The van der Waals surface area contributed by atoms with Gasteiger partial charge in [0, 0.05) is 5.25 Å². The average molecular weight is 162 g/mol. The summed E-state index contributed by atoms with van der Waals surface area (Å²) >= 11 is 1.75. The predicted molar refractivity (Wildman–Crippen MR) is 44.2 cm³/mol. The normalized spacial score (nSPS) is 12.6. The zero-order valence-electron chi connectivity index (χ0n) is 6.50. The molecule has 3 heteroatoms. The van der Waals surface area contributed by atoms with E-state index in [0.29, 0.717) is 18.3 Å². The standard InChI is InChI=1S/C7H14O2S/c1-3-4-7(10-2)5-9-6-8/h6-7H,3-5H2,1-2H3. The maximum atomic E-state index is 9.80. The summed E-state index contributed by atoms with van der Waals surface area (Å²) in [6.45, 7) is 3.20. The van der Waals surface area contributed by atoms with Crippen molar-refractivity contribution >= 4 is 18.2 Å². The Morgan fingerprint density at radius 3 is 2.80 bits per heavy atom. The van der Waals surface area contributed by atoms with Crippen molar-refractivity contribution in [3.8, 4) is 0 Å². The van der Waals surface area contributed by atoms with Gasteiger partial charge in [0.25, 0.3) is 6.47 Å². The molecule has 0 saturated heterocycles. The van der Waals surface area contributed by atoms with E-state index in [1.54, 1.807) is 11.8 Å². The molecule has 2 nitrogen and oxygen atoms in total. The fraction of sp³-hybridized carbons (Fsp3) is 0.857. The Morgan fingerprint density at radius 2 is 2.40 bits per heavy atom. The molecule has 0 bridgehead atoms. The minimum Gasteiger partial charge on any atom is -0.467 e. The summed E-state index contributed by atoms with van der Waals surface area (Å²) in [5.41, 5.74) is 0. The molecule has 0 heterocycles. The van der Waals surface area contributed by atoms with Crippen molar-refractivity contribution in [3.05, 3.63) is 0 Å². The number of ether oxygens (including phenoxy) is 1. The van der Waals surface area contributed by atoms with Crippen LogP contribution < -0.4 is 0 Å². The topological polar surface area (TPSA) is 26.3 Å². The number of thioether (sulfide) groups is 1. The second-order valence-corrected chi connectivity index (χ2v) is 3.21. The zero-order valence-corrected chi connectivity index (χ0v) is 7.32. The lowest BCUT2D eigenvalue weighted by Crippen LogP contribution is -2.10. The third-order valence-corrected chi connectivity index (χ3v) is 2.33. The van der Waals surface area contributed by atoms with E-state index in [9.17, 15) is 4.79 Å². The first-order valence-corrected chi connectivity index (χ1v) is 4.72. The van der Waals surface area contributed by atoms with Crippen LogP contribution in [0.25, 0.3) is 0 Å². The van der Waals surface area contributed by atoms with E-state index in [4.69, 9.17) is 0 Å². The van der Waals surface area contributed by atoms with Gasteiger partial charge in [-0.25, -0.2) is 0 Å². The van der Waals surface area contributed by atoms with E-state index in [1.165, 1.54) is 0 Å². The van der Waals surface area contributed by atoms with Gasteiger partial charge in [-0.15, -0.1) is 0 Å². The predicted octanol–water partition coefficient (Wildman–Crippen LogP) is 1.69. The Labute approximate surface area is 66.3 Å². The monoisotopic (exact) mass is 162 g/mol. The Hall–Kier alpha value is -0.180. The van der Waals surface area contributed by atoms with E-state index < -0.39 is 0 Å². The molecule has 0 saturated carbocycles. The van der Waals surface area contributed by atoms with Gasteiger partial charge < -0.3 is 4.74 Å². The Balaban J connectivity index is 3.29. The van der Waals surface area contributed by atoms with Gasteiger partial charge in [0.1, 0.15) is 6.61 Å². The molecule has 0 aromatic carbocycles. The van der Waals surface area contributed by atoms with Crippen molar-refractivity contribution < 1.29 is 9.53 Å². The fourth-order valence-electron chi connectivity index (χ4n) is 0.738. The lowest BCUT2D eigenvalue weighted by Gasteiger charge is -2.10. The van der Waals surface area contributed by atoms with Crippen molar-refractivity contribution in [1.82, 2.24) is 0 Å². The number of hydrogen-bond acceptors (Lipinski definition) is 3. The molecule has 0 N–H and O–H groups in total. The molecule has 0 aromatic heterocycles. The van der Waals surface area contributed by atoms with Crippen molar-refractivity contribution in [2.45, 2.75) is 25.0 Å². The van der Waals surface area contributed by atoms with Gasteiger partial charge in [-0.1, -0.05) is 13.3 Å². The molecule has 0 aromatic rings. The first-order valence-electron chi connectivity index (χ1n) is 3.43. The highest BCUT2D eigenvalue weighted by atomic mass is 32.2. The summed E-state index contributed by atoms with van der Waals surface area (Å²) in [6, 6.07) is 0. The molecule has 0 aliphatic heterocycles. The summed E-state index contributed by atoms with van der Waals surface area (Å²) in [7, 11) is 0. The van der Waals surface area contributed by atoms with E-state index >= 15 is 0 Å². The molecular formula is C7H14O2S. The molecule has 0 amide bonds. The van der Waals surface area contributed by atoms with Gasteiger partial charge in [0.2, 0.25) is 0 Å². The number of rotatable bonds is 6. The lowest BCUT2D eigenvalue weighted by molar-refractivity contribution is -0.128. The van der Waals surface area contributed by atoms with Crippen LogP contribution in [-0.2, 0) is 9.53 Å². The third-order valence-electron chi connectivity index (χ3n) is 1.29. The number of carbonyl (C=O) groups excluding carboxylic acids is 1. The number of hydrogen-bond donors (Lipinski definition) is 0. The molecule has 0 spiro atoms. The molecule has 0 aliphatic rings. The minimum atomic E-state index is 0.482. The molecule has 0 rings (SSSR count). The maximum absolute atomic E-state index is 9.80. The average Bonchev–Trinajstić information content (AvgIpc) is 1.98. The van der Waals surface area contributed by atoms with Crippen LogP contribution in [0.3, 0.4) is 0 Å². The lowest BCUT2D eigenvalue weighted by atomic mass is 10.2. The van der Waals surface area contributed by atoms with Crippen LogP contribution in [0, 0.1) is 0 Å². The van der Waals surface area contributed by atoms with E-state index in [0.717, 1.165) is 12.8 Å². The van der Waals surface area contributed by atoms with Crippen molar-refractivity contribution in [2.75, 3.05) is 12.9 Å². The number of carbonyl (C=O) groups is 1. The highest BCUT2D eigenvalue weighted by molar-refractivity contribution is 7.99. The molecular weight excluding hydrogens is 148 g/mol. The largest absolute Gasteiger partial charge is 0.467 e. The van der Waals surface area contributed by atoms with E-state index in [2.05, 4.69) is 11.7 Å². The summed E-state index contributed by atoms with van der Waals surface area (Å²) in [5.74, 6) is 0. The second kappa shape index (κ2) is 6.93. The molecule has 0 radical (unpaired) electrons. The smallest absolute Gasteiger partial charge is 0.293 e. The summed E-state index contributed by atoms with van der Waals surface area (Å²) < 4.78 is 4.64. The van der Waals surface area contributed by atoms with Crippen molar-refractivity contribution in [2.24, 2.45) is 0 Å². The second-order valence-electron chi connectivity index (χ2n) is 2.08. The third kappa shape index (κ3) is 4.68. The van der Waals surface area contributed by atoms with Crippen LogP contribution >= 0.6 is 11.8 Å². The van der Waals surface area contributed by atoms with Crippen molar-refractivity contribution in [1.29, 1.82) is 0 Å². The SMILES string of the molecule is CCCC(COC=O)SC. The van der Waals surface area contributed by atoms with Gasteiger partial charge >= 0.3 is 0 Å². The highest BCUT2D eigenvalue weighted by Crippen LogP contribution is 2.12. The van der Waals surface area contributed by atoms with Crippen LogP contribution in [0.15, 0.2) is 0 Å². The van der Waals surface area contributed by atoms with Gasteiger partial charge in [-0.05, 0) is 12.7 Å². The molecule has 0 fully saturated rings. The summed E-state index contributed by atoms with van der Waals surface area (Å²) in [6.07, 6.45) is 4.30. The van der Waals surface area contributed by atoms with Gasteiger partial charge in [0.05, 0.1) is 0 Å². The Morgan fingerprint density at radius 1 is 1.70 bits per heavy atom. The zero-order chi connectivity index (χ0) is 7.82. The highest BCUT2D eigenvalue weighted by Gasteiger charge is 2.04. The van der Waals surface area contributed by atoms with E-state index in [1.807, 2.05) is 6.26 Å². The van der Waals surface area contributed by atoms with Gasteiger partial charge in [0.15, 0.2) is 0 Å². The quantitative estimate of drug-likeness (QED) is 0.556. The van der Waals surface area contributed by atoms with Crippen LogP contribution in [0.1, 0.15) is 19.8 Å². The maximum Gasteiger partial charge on any atom is 0.293 e. The molecule has 1 atom stereocenters. The van der Waals surface area contributed by atoms with E-state index in [-0.39, 0.29) is 0 Å². The van der Waals surface area contributed by atoms with Crippen LogP contribution in [0.2, 0.25) is 0 Å². The first-order chi connectivity index (χ1) is 4.85. The van der Waals surface area contributed by atoms with Crippen molar-refractivity contribution in [3.63, 3.8) is 0 Å². The Bertz CT molecular complexity index is 85.7. The molecule has 60 valence electrons. The molecule has 1 unspecified atom stereocenters. The van der Waals surface area contributed by atoms with Crippen LogP contribution in [-0.4, -0.2) is 24.6 Å². The molecule has 0 aliphatic carbocycles. The molecule has 10 heavy (non-hydrogen) atoms. The summed E-state index contributed by atoms with van der Waals surface area (Å²) in [4.78, 5) is 9.80. The van der Waals surface area contributed by atoms with Crippen LogP contribution in [0.5, 0.6) is 0 Å². The van der Waals surface area contributed by atoms with Gasteiger partial charge in [-0.3, -0.25) is 4.79 Å². The fourth-order valence-corrected chi connectivity index (χ4v) is 1.42. The minimum absolute atomic E-state index is 0.482. The first kappa shape index (κ1) is 9.82. The van der Waals surface area contributed by atoms with Crippen LogP contribution in [0.4, 0.5) is 0 Å². The summed E-state index contributed by atoms with van der Waals surface area (Å²) in [5, 5.41) is 0.482. The van der Waals surface area contributed by atoms with Gasteiger partial charge in [-0.2, -0.15) is 11.8 Å².